The molecular formula is C29H32ClF4N5O2S. The van der Waals surface area contributed by atoms with Crippen LogP contribution in [-0.4, -0.2) is 73.5 Å². The molecule has 3 atom stereocenters. The van der Waals surface area contributed by atoms with Gasteiger partial charge in [0.2, 0.25) is 0 Å². The molecule has 2 heterocycles. The van der Waals surface area contributed by atoms with Gasteiger partial charge in [-0.2, -0.15) is 13.2 Å². The van der Waals surface area contributed by atoms with E-state index in [1.54, 1.807) is 6.07 Å². The fourth-order valence-electron chi connectivity index (χ4n) is 5.98. The Morgan fingerprint density at radius 3 is 2.57 bits per heavy atom. The smallest absolute Gasteiger partial charge is 0.379 e. The number of aromatic nitrogens is 2. The molecule has 1 N–H and O–H groups in total. The lowest BCUT2D eigenvalue weighted by molar-refractivity contribution is -0.137. The van der Waals surface area contributed by atoms with Gasteiger partial charge in [-0.1, -0.05) is 29.8 Å². The molecule has 1 saturated carbocycles. The fraction of sp³-hybridized carbons (Fsp3) is 0.448. The molecule has 7 nitrogen and oxygen atoms in total. The molecule has 13 heteroatoms. The van der Waals surface area contributed by atoms with E-state index < -0.39 is 38.0 Å². The van der Waals surface area contributed by atoms with Gasteiger partial charge in [0.05, 0.1) is 27.7 Å². The van der Waals surface area contributed by atoms with Gasteiger partial charge in [0, 0.05) is 37.4 Å². The molecule has 2 aliphatic rings. The fourth-order valence-corrected chi connectivity index (χ4v) is 7.64. The van der Waals surface area contributed by atoms with Crippen molar-refractivity contribution in [3.63, 3.8) is 0 Å². The minimum absolute atomic E-state index is 0.0578. The van der Waals surface area contributed by atoms with E-state index in [-0.39, 0.29) is 40.4 Å². The van der Waals surface area contributed by atoms with Crippen molar-refractivity contribution in [3.8, 4) is 0 Å². The molecule has 1 aliphatic carbocycles. The molecule has 0 amide bonds. The topological polar surface area (TPSA) is 78.4 Å². The summed E-state index contributed by atoms with van der Waals surface area (Å²) >= 11 is 6.52. The minimum Gasteiger partial charge on any atom is -0.379 e. The third kappa shape index (κ3) is 6.72. The lowest BCUT2D eigenvalue weighted by Gasteiger charge is -2.50. The second-order valence-electron chi connectivity index (χ2n) is 11.2. The summed E-state index contributed by atoms with van der Waals surface area (Å²) in [6.07, 6.45) is 0.0323. The first-order valence-electron chi connectivity index (χ1n) is 13.6. The number of alkyl halides is 3. The van der Waals surface area contributed by atoms with E-state index in [1.807, 2.05) is 14.1 Å². The van der Waals surface area contributed by atoms with Crippen LogP contribution in [0.1, 0.15) is 42.0 Å². The number of likely N-dealkylation sites (tertiary alicyclic amines) is 1. The number of anilines is 1. The van der Waals surface area contributed by atoms with Crippen molar-refractivity contribution in [2.45, 2.75) is 60.1 Å². The molecule has 1 saturated heterocycles. The van der Waals surface area contributed by atoms with Gasteiger partial charge in [-0.05, 0) is 69.1 Å². The number of nitrogens with one attached hydrogen (secondary N) is 1. The summed E-state index contributed by atoms with van der Waals surface area (Å²) in [6, 6.07) is 9.16. The molecule has 3 aromatic rings. The van der Waals surface area contributed by atoms with Crippen molar-refractivity contribution in [2.75, 3.05) is 32.5 Å². The average molecular weight is 626 g/mol. The van der Waals surface area contributed by atoms with Crippen LogP contribution in [0.25, 0.3) is 0 Å². The Labute approximate surface area is 247 Å². The number of halogens is 5. The maximum Gasteiger partial charge on any atom is 0.416 e. The van der Waals surface area contributed by atoms with Crippen molar-refractivity contribution in [1.29, 1.82) is 0 Å². The number of benzene rings is 2. The highest BCUT2D eigenvalue weighted by Crippen LogP contribution is 2.40. The van der Waals surface area contributed by atoms with Crippen LogP contribution in [0.3, 0.4) is 0 Å². The number of likely N-dealkylation sites (N-methyl/N-ethyl adjacent to an activating group) is 2. The second kappa shape index (κ2) is 12.1. The lowest BCUT2D eigenvalue weighted by Crippen LogP contribution is -2.62. The molecular weight excluding hydrogens is 594 g/mol. The Kier molecular flexibility index (Phi) is 8.80. The number of rotatable bonds is 8. The molecule has 1 aliphatic heterocycles. The van der Waals surface area contributed by atoms with Gasteiger partial charge < -0.3 is 10.2 Å². The Balaban J connectivity index is 1.38. The number of hydrogen-bond acceptors (Lipinski definition) is 7. The third-order valence-corrected chi connectivity index (χ3v) is 10.3. The van der Waals surface area contributed by atoms with Gasteiger partial charge in [-0.3, -0.25) is 4.90 Å². The Morgan fingerprint density at radius 2 is 1.90 bits per heavy atom. The van der Waals surface area contributed by atoms with Crippen LogP contribution in [0.4, 0.5) is 23.2 Å². The summed E-state index contributed by atoms with van der Waals surface area (Å²) in [7, 11) is -0.0417. The van der Waals surface area contributed by atoms with Crippen LogP contribution >= 0.6 is 11.6 Å². The molecule has 0 spiro atoms. The average Bonchev–Trinajstić information content (AvgIpc) is 2.92. The van der Waals surface area contributed by atoms with Gasteiger partial charge in [0.1, 0.15) is 17.0 Å². The Hall–Kier alpha value is -2.80. The van der Waals surface area contributed by atoms with Crippen molar-refractivity contribution < 1.29 is 26.0 Å². The maximum absolute atomic E-state index is 15.3. The van der Waals surface area contributed by atoms with Crippen LogP contribution in [0.2, 0.25) is 5.02 Å². The summed E-state index contributed by atoms with van der Waals surface area (Å²) in [4.78, 5) is 11.6. The SMILES string of the molecule is CN1CC(N(C)[C@H]2C[C@@H](c3cccc(C(F)(F)F)c3)CC[C@@H]2Nc2cc(F)c(S(=O)(=O)Cc3ccncn3)cc2Cl)C1. The molecule has 2 fully saturated rings. The molecule has 2 aromatic carbocycles. The zero-order valence-corrected chi connectivity index (χ0v) is 24.7. The Bertz CT molecular complexity index is 1520. The zero-order valence-electron chi connectivity index (χ0n) is 23.2. The van der Waals surface area contributed by atoms with Crippen molar-refractivity contribution in [3.05, 3.63) is 82.6 Å². The second-order valence-corrected chi connectivity index (χ2v) is 13.6. The van der Waals surface area contributed by atoms with Crippen LogP contribution in [0, 0.1) is 5.82 Å². The number of hydrogen-bond donors (Lipinski definition) is 1. The molecule has 0 radical (unpaired) electrons. The normalized spacial score (nSPS) is 22.2. The highest BCUT2D eigenvalue weighted by atomic mass is 35.5. The summed E-state index contributed by atoms with van der Waals surface area (Å²) in [5, 5.41) is 3.41. The summed E-state index contributed by atoms with van der Waals surface area (Å²) in [6.45, 7) is 1.73. The van der Waals surface area contributed by atoms with Gasteiger partial charge in [0.15, 0.2) is 9.84 Å². The van der Waals surface area contributed by atoms with Crippen molar-refractivity contribution >= 4 is 27.1 Å². The first-order valence-corrected chi connectivity index (χ1v) is 15.7. The maximum atomic E-state index is 15.3. The monoisotopic (exact) mass is 625 g/mol. The van der Waals surface area contributed by atoms with E-state index in [0.29, 0.717) is 24.8 Å². The molecule has 42 heavy (non-hydrogen) atoms. The predicted molar refractivity (Wildman–Crippen MR) is 153 cm³/mol. The van der Waals surface area contributed by atoms with Gasteiger partial charge >= 0.3 is 6.18 Å². The summed E-state index contributed by atoms with van der Waals surface area (Å²) in [5.41, 5.74) is 0.479. The summed E-state index contributed by atoms with van der Waals surface area (Å²) < 4.78 is 81.4. The quantitative estimate of drug-likeness (QED) is 0.326. The van der Waals surface area contributed by atoms with E-state index in [4.69, 9.17) is 11.6 Å². The van der Waals surface area contributed by atoms with Gasteiger partial charge in [0.25, 0.3) is 0 Å². The summed E-state index contributed by atoms with van der Waals surface area (Å²) in [5.74, 6) is -1.52. The van der Waals surface area contributed by atoms with Crippen LogP contribution in [0.15, 0.2) is 59.9 Å². The van der Waals surface area contributed by atoms with Crippen molar-refractivity contribution in [1.82, 2.24) is 19.8 Å². The van der Waals surface area contributed by atoms with E-state index in [0.717, 1.165) is 31.3 Å². The predicted octanol–water partition coefficient (Wildman–Crippen LogP) is 5.62. The molecule has 0 bridgehead atoms. The van der Waals surface area contributed by atoms with E-state index in [2.05, 4.69) is 25.1 Å². The van der Waals surface area contributed by atoms with E-state index in [9.17, 15) is 21.6 Å². The first kappa shape index (κ1) is 30.7. The largest absolute Gasteiger partial charge is 0.416 e. The van der Waals surface area contributed by atoms with E-state index in [1.165, 1.54) is 30.7 Å². The molecule has 1 aromatic heterocycles. The van der Waals surface area contributed by atoms with Crippen LogP contribution < -0.4 is 5.32 Å². The van der Waals surface area contributed by atoms with Gasteiger partial charge in [-0.15, -0.1) is 0 Å². The first-order chi connectivity index (χ1) is 19.8. The highest BCUT2D eigenvalue weighted by molar-refractivity contribution is 7.90. The van der Waals surface area contributed by atoms with Crippen molar-refractivity contribution in [2.24, 2.45) is 0 Å². The molecule has 5 rings (SSSR count). The third-order valence-electron chi connectivity index (χ3n) is 8.32. The van der Waals surface area contributed by atoms with Crippen LogP contribution in [-0.2, 0) is 21.8 Å². The van der Waals surface area contributed by atoms with Crippen LogP contribution in [0.5, 0.6) is 0 Å². The van der Waals surface area contributed by atoms with E-state index >= 15 is 4.39 Å². The minimum atomic E-state index is -4.42. The number of nitrogens with zero attached hydrogens (tertiary/aromatic N) is 4. The molecule has 226 valence electrons. The zero-order chi connectivity index (χ0) is 30.2. The Morgan fingerprint density at radius 1 is 1.14 bits per heavy atom. The standard InChI is InChI=1S/C29H32ClF4N5O2S/c1-38-14-22(15-38)39(2)27-11-19(18-4-3-5-20(10-18)29(32,33)34)6-7-25(27)37-26-13-24(31)28(12-23(26)30)42(40,41)16-21-8-9-35-17-36-21/h3-5,8-10,12-13,17,19,22,25,27,37H,6-7,11,14-16H2,1-2H3/t19-,25-,27-/m0/s1. The highest BCUT2D eigenvalue weighted by Gasteiger charge is 2.40. The van der Waals surface area contributed by atoms with Gasteiger partial charge in [-0.25, -0.2) is 22.8 Å². The lowest BCUT2D eigenvalue weighted by atomic mass is 9.77. The molecule has 0 unspecified atom stereocenters. The number of sulfone groups is 1.